The average Bonchev–Trinajstić information content (AvgIpc) is 2.50. The van der Waals surface area contributed by atoms with Gasteiger partial charge in [0.25, 0.3) is 0 Å². The second-order valence-corrected chi connectivity index (χ2v) is 5.00. The molecule has 21 heavy (non-hydrogen) atoms. The van der Waals surface area contributed by atoms with Gasteiger partial charge in [-0.3, -0.25) is 9.59 Å². The first-order valence-corrected chi connectivity index (χ1v) is 6.94. The summed E-state index contributed by atoms with van der Waals surface area (Å²) in [6, 6.07) is 1.71. The number of hydrogen-bond donors (Lipinski definition) is 0. The lowest BCUT2D eigenvalue weighted by Crippen LogP contribution is -2.43. The Morgan fingerprint density at radius 1 is 1.38 bits per heavy atom. The third-order valence-electron chi connectivity index (χ3n) is 3.27. The number of ether oxygens (including phenoxy) is 1. The first-order chi connectivity index (χ1) is 10.1. The smallest absolute Gasteiger partial charge is 0.204 e. The predicted molar refractivity (Wildman–Crippen MR) is 77.5 cm³/mol. The van der Waals surface area contributed by atoms with Crippen molar-refractivity contribution >= 4 is 12.1 Å². The van der Waals surface area contributed by atoms with Crippen molar-refractivity contribution in [1.82, 2.24) is 9.97 Å². The van der Waals surface area contributed by atoms with Crippen LogP contribution in [0.25, 0.3) is 0 Å². The van der Waals surface area contributed by atoms with E-state index >= 15 is 0 Å². The van der Waals surface area contributed by atoms with E-state index in [4.69, 9.17) is 4.74 Å². The van der Waals surface area contributed by atoms with Crippen LogP contribution in [-0.2, 0) is 14.3 Å². The topological polar surface area (TPSA) is 69.2 Å². The van der Waals surface area contributed by atoms with Crippen LogP contribution in [0.3, 0.4) is 0 Å². The van der Waals surface area contributed by atoms with Crippen molar-refractivity contribution < 1.29 is 14.3 Å². The van der Waals surface area contributed by atoms with Gasteiger partial charge in [-0.05, 0) is 37.1 Å². The maximum absolute atomic E-state index is 12.2. The zero-order valence-corrected chi connectivity index (χ0v) is 12.2. The van der Waals surface area contributed by atoms with Crippen molar-refractivity contribution in [2.24, 2.45) is 0 Å². The van der Waals surface area contributed by atoms with Crippen LogP contribution in [0.2, 0.25) is 0 Å². The third-order valence-corrected chi connectivity index (χ3v) is 3.27. The fraction of sp³-hybridized carbons (Fsp3) is 0.375. The van der Waals surface area contributed by atoms with E-state index in [2.05, 4.69) is 9.97 Å². The van der Waals surface area contributed by atoms with E-state index in [1.54, 1.807) is 31.5 Å². The number of ketones is 1. The van der Waals surface area contributed by atoms with Crippen molar-refractivity contribution in [3.8, 4) is 0 Å². The second-order valence-electron chi connectivity index (χ2n) is 5.00. The molecule has 1 aromatic heterocycles. The minimum atomic E-state index is -1.57. The average molecular weight is 286 g/mol. The standard InChI is InChI=1S/C16H18N2O3/c1-3-5-13(15-17-8-4-9-18-15)21-16(11-19)7-6-12(2)10-14(16)20/h4,6-11,13H,3,5H2,1-2H3. The third kappa shape index (κ3) is 3.31. The zero-order chi connectivity index (χ0) is 15.3. The fourth-order valence-electron chi connectivity index (χ4n) is 2.14. The molecule has 2 unspecified atom stereocenters. The van der Waals surface area contributed by atoms with Crippen molar-refractivity contribution in [1.29, 1.82) is 0 Å². The summed E-state index contributed by atoms with van der Waals surface area (Å²) in [6.45, 7) is 3.79. The van der Waals surface area contributed by atoms with E-state index in [-0.39, 0.29) is 5.78 Å². The molecule has 0 aliphatic heterocycles. The molecule has 0 spiro atoms. The number of nitrogens with zero attached hydrogens (tertiary/aromatic N) is 2. The molecule has 2 atom stereocenters. The highest BCUT2D eigenvalue weighted by Crippen LogP contribution is 2.29. The first-order valence-electron chi connectivity index (χ1n) is 6.94. The molecule has 1 aliphatic rings. The van der Waals surface area contributed by atoms with Gasteiger partial charge in [0.05, 0.1) is 0 Å². The van der Waals surface area contributed by atoms with Gasteiger partial charge in [0.15, 0.2) is 17.9 Å². The zero-order valence-electron chi connectivity index (χ0n) is 12.2. The molecule has 0 saturated heterocycles. The Hall–Kier alpha value is -2.14. The molecular formula is C16H18N2O3. The molecule has 0 saturated carbocycles. The minimum absolute atomic E-state index is 0.366. The monoisotopic (exact) mass is 286 g/mol. The predicted octanol–water partition coefficient (Wildman–Crippen LogP) is 2.36. The van der Waals surface area contributed by atoms with Crippen LogP contribution in [-0.4, -0.2) is 27.6 Å². The van der Waals surface area contributed by atoms with Crippen molar-refractivity contribution in [2.45, 2.75) is 38.4 Å². The highest BCUT2D eigenvalue weighted by atomic mass is 16.5. The molecule has 0 aromatic carbocycles. The summed E-state index contributed by atoms with van der Waals surface area (Å²) in [6.07, 6.45) is 9.36. The van der Waals surface area contributed by atoms with Crippen LogP contribution in [0.15, 0.2) is 42.3 Å². The number of carbonyl (C=O) groups excluding carboxylic acids is 2. The normalized spacial score (nSPS) is 22.8. The molecule has 1 aromatic rings. The Morgan fingerprint density at radius 3 is 2.67 bits per heavy atom. The highest BCUT2D eigenvalue weighted by Gasteiger charge is 2.40. The van der Waals surface area contributed by atoms with Gasteiger partial charge < -0.3 is 4.74 Å². The maximum atomic E-state index is 12.2. The summed E-state index contributed by atoms with van der Waals surface area (Å²) in [5, 5.41) is 0. The number of rotatable bonds is 6. The van der Waals surface area contributed by atoms with Crippen LogP contribution < -0.4 is 0 Å². The lowest BCUT2D eigenvalue weighted by molar-refractivity contribution is -0.149. The number of carbonyl (C=O) groups is 2. The summed E-state index contributed by atoms with van der Waals surface area (Å²) in [5.74, 6) is 0.114. The number of aldehydes is 1. The first kappa shape index (κ1) is 15.3. The molecule has 0 amide bonds. The molecule has 2 rings (SSSR count). The van der Waals surface area contributed by atoms with Crippen LogP contribution in [0.5, 0.6) is 0 Å². The summed E-state index contributed by atoms with van der Waals surface area (Å²) in [5.41, 5.74) is -0.775. The molecule has 5 nitrogen and oxygen atoms in total. The Labute approximate surface area is 123 Å². The molecular weight excluding hydrogens is 268 g/mol. The van der Waals surface area contributed by atoms with E-state index < -0.39 is 11.7 Å². The number of hydrogen-bond acceptors (Lipinski definition) is 5. The van der Waals surface area contributed by atoms with Crippen molar-refractivity contribution in [2.75, 3.05) is 0 Å². The van der Waals surface area contributed by atoms with Crippen LogP contribution in [0.1, 0.15) is 38.6 Å². The largest absolute Gasteiger partial charge is 0.344 e. The second kappa shape index (κ2) is 6.54. The van der Waals surface area contributed by atoms with E-state index in [9.17, 15) is 9.59 Å². The summed E-state index contributed by atoms with van der Waals surface area (Å²) in [7, 11) is 0. The molecule has 0 N–H and O–H groups in total. The minimum Gasteiger partial charge on any atom is -0.344 e. The number of aromatic nitrogens is 2. The lowest BCUT2D eigenvalue weighted by atomic mass is 9.92. The number of allylic oxidation sites excluding steroid dienone is 2. The van der Waals surface area contributed by atoms with Gasteiger partial charge in [0, 0.05) is 12.4 Å². The van der Waals surface area contributed by atoms with Gasteiger partial charge in [0.2, 0.25) is 5.60 Å². The van der Waals surface area contributed by atoms with E-state index in [1.165, 1.54) is 12.2 Å². The Morgan fingerprint density at radius 2 is 2.10 bits per heavy atom. The van der Waals surface area contributed by atoms with Gasteiger partial charge in [-0.25, -0.2) is 9.97 Å². The van der Waals surface area contributed by atoms with E-state index in [1.807, 2.05) is 6.92 Å². The van der Waals surface area contributed by atoms with Gasteiger partial charge in [-0.2, -0.15) is 0 Å². The van der Waals surface area contributed by atoms with Gasteiger partial charge >= 0.3 is 0 Å². The van der Waals surface area contributed by atoms with Crippen LogP contribution >= 0.6 is 0 Å². The highest BCUT2D eigenvalue weighted by molar-refractivity contribution is 6.11. The van der Waals surface area contributed by atoms with E-state index in [0.717, 1.165) is 12.0 Å². The molecule has 0 fully saturated rings. The summed E-state index contributed by atoms with van der Waals surface area (Å²) >= 11 is 0. The molecule has 0 bridgehead atoms. The Kier molecular flexibility index (Phi) is 4.75. The lowest BCUT2D eigenvalue weighted by Gasteiger charge is -2.29. The van der Waals surface area contributed by atoms with Gasteiger partial charge in [0.1, 0.15) is 6.10 Å². The van der Waals surface area contributed by atoms with Gasteiger partial charge in [-0.1, -0.05) is 19.4 Å². The van der Waals surface area contributed by atoms with Crippen LogP contribution in [0.4, 0.5) is 0 Å². The quantitative estimate of drug-likeness (QED) is 0.593. The summed E-state index contributed by atoms with van der Waals surface area (Å²) in [4.78, 5) is 32.0. The Balaban J connectivity index is 2.29. The van der Waals surface area contributed by atoms with Crippen LogP contribution in [0, 0.1) is 0 Å². The maximum Gasteiger partial charge on any atom is 0.204 e. The van der Waals surface area contributed by atoms with Gasteiger partial charge in [-0.15, -0.1) is 0 Å². The van der Waals surface area contributed by atoms with E-state index in [0.29, 0.717) is 18.5 Å². The summed E-state index contributed by atoms with van der Waals surface area (Å²) < 4.78 is 5.84. The molecule has 5 heteroatoms. The van der Waals surface area contributed by atoms with Crippen molar-refractivity contribution in [3.05, 3.63) is 48.1 Å². The SMILES string of the molecule is CCCC(OC1(C=O)C=CC(C)=CC1=O)c1ncccn1. The van der Waals surface area contributed by atoms with Crippen molar-refractivity contribution in [3.63, 3.8) is 0 Å². The molecule has 1 aliphatic carbocycles. The molecule has 110 valence electrons. The molecule has 0 radical (unpaired) electrons. The fourth-order valence-corrected chi connectivity index (χ4v) is 2.14. The molecule has 1 heterocycles. The Bertz CT molecular complexity index is 580.